The molecule has 3 heterocycles. The van der Waals surface area contributed by atoms with E-state index in [-0.39, 0.29) is 11.9 Å². The van der Waals surface area contributed by atoms with Gasteiger partial charge in [-0.05, 0) is 12.1 Å². The third-order valence-electron chi connectivity index (χ3n) is 2.84. The first-order valence-corrected chi connectivity index (χ1v) is 5.40. The summed E-state index contributed by atoms with van der Waals surface area (Å²) in [7, 11) is 0. The van der Waals surface area contributed by atoms with Crippen LogP contribution in [0.15, 0.2) is 36.9 Å². The Morgan fingerprint density at radius 2 is 1.76 bits per heavy atom. The van der Waals surface area contributed by atoms with Crippen molar-refractivity contribution >= 4 is 5.91 Å². The second-order valence-corrected chi connectivity index (χ2v) is 3.95. The molecule has 1 aliphatic heterocycles. The predicted octanol–water partition coefficient (Wildman–Crippen LogP) is 0.370. The lowest BCUT2D eigenvalue weighted by molar-refractivity contribution is 0.0476. The molecule has 0 aromatic carbocycles. The predicted molar refractivity (Wildman–Crippen MR) is 59.2 cm³/mol. The highest BCUT2D eigenvalue weighted by atomic mass is 16.2. The molecular formula is C11H11N5O. The number of pyridine rings is 1. The van der Waals surface area contributed by atoms with Crippen molar-refractivity contribution in [2.45, 2.75) is 6.04 Å². The van der Waals surface area contributed by atoms with Crippen molar-refractivity contribution in [2.24, 2.45) is 0 Å². The van der Waals surface area contributed by atoms with Crippen molar-refractivity contribution in [2.75, 3.05) is 13.1 Å². The van der Waals surface area contributed by atoms with E-state index in [1.165, 1.54) is 0 Å². The SMILES string of the molecule is O=C(c1ccncc1)N1CC(n2nccn2)C1. The summed E-state index contributed by atoms with van der Waals surface area (Å²) in [5, 5.41) is 8.12. The van der Waals surface area contributed by atoms with Gasteiger partial charge in [-0.2, -0.15) is 15.0 Å². The van der Waals surface area contributed by atoms with Crippen LogP contribution in [0.2, 0.25) is 0 Å². The Balaban J connectivity index is 1.65. The molecule has 1 amide bonds. The van der Waals surface area contributed by atoms with Gasteiger partial charge in [-0.1, -0.05) is 0 Å². The van der Waals surface area contributed by atoms with Gasteiger partial charge >= 0.3 is 0 Å². The molecule has 1 saturated heterocycles. The van der Waals surface area contributed by atoms with E-state index < -0.39 is 0 Å². The number of carbonyl (C=O) groups is 1. The largest absolute Gasteiger partial charge is 0.334 e. The molecule has 6 heteroatoms. The third-order valence-corrected chi connectivity index (χ3v) is 2.84. The maximum atomic E-state index is 12.0. The highest BCUT2D eigenvalue weighted by Gasteiger charge is 2.33. The molecule has 0 bridgehead atoms. The van der Waals surface area contributed by atoms with E-state index in [2.05, 4.69) is 15.2 Å². The molecule has 1 aliphatic rings. The van der Waals surface area contributed by atoms with Crippen LogP contribution < -0.4 is 0 Å². The highest BCUT2D eigenvalue weighted by Crippen LogP contribution is 2.21. The molecule has 0 radical (unpaired) electrons. The summed E-state index contributed by atoms with van der Waals surface area (Å²) >= 11 is 0. The lowest BCUT2D eigenvalue weighted by Gasteiger charge is -2.38. The van der Waals surface area contributed by atoms with Crippen LogP contribution in [0.5, 0.6) is 0 Å². The summed E-state index contributed by atoms with van der Waals surface area (Å²) in [6, 6.07) is 3.65. The maximum Gasteiger partial charge on any atom is 0.254 e. The number of likely N-dealkylation sites (tertiary alicyclic amines) is 1. The van der Waals surface area contributed by atoms with Gasteiger partial charge in [0.25, 0.3) is 5.91 Å². The standard InChI is InChI=1S/C11H11N5O/c17-11(9-1-3-12-4-2-9)15-7-10(8-15)16-13-5-6-14-16/h1-6,10H,7-8H2. The van der Waals surface area contributed by atoms with E-state index in [0.717, 1.165) is 0 Å². The van der Waals surface area contributed by atoms with Gasteiger partial charge < -0.3 is 4.90 Å². The van der Waals surface area contributed by atoms with Crippen LogP contribution in [0, 0.1) is 0 Å². The van der Waals surface area contributed by atoms with Crippen molar-refractivity contribution in [3.8, 4) is 0 Å². The van der Waals surface area contributed by atoms with Gasteiger partial charge in [-0.25, -0.2) is 0 Å². The first kappa shape index (κ1) is 9.95. The van der Waals surface area contributed by atoms with E-state index in [0.29, 0.717) is 18.7 Å². The molecule has 0 atom stereocenters. The second-order valence-electron chi connectivity index (χ2n) is 3.95. The highest BCUT2D eigenvalue weighted by molar-refractivity contribution is 5.94. The van der Waals surface area contributed by atoms with Crippen LogP contribution in [-0.2, 0) is 0 Å². The molecule has 0 saturated carbocycles. The van der Waals surface area contributed by atoms with Gasteiger partial charge in [0.1, 0.15) is 6.04 Å². The number of nitrogens with zero attached hydrogens (tertiary/aromatic N) is 5. The number of carbonyl (C=O) groups excluding carboxylic acids is 1. The molecule has 86 valence electrons. The molecule has 0 spiro atoms. The fourth-order valence-electron chi connectivity index (χ4n) is 1.86. The normalized spacial score (nSPS) is 15.6. The van der Waals surface area contributed by atoms with Gasteiger partial charge in [-0.3, -0.25) is 9.78 Å². The maximum absolute atomic E-state index is 12.0. The molecule has 17 heavy (non-hydrogen) atoms. The van der Waals surface area contributed by atoms with Crippen LogP contribution in [0.25, 0.3) is 0 Å². The smallest absolute Gasteiger partial charge is 0.254 e. The second kappa shape index (κ2) is 3.97. The number of aromatic nitrogens is 4. The van der Waals surface area contributed by atoms with Crippen LogP contribution in [-0.4, -0.2) is 43.9 Å². The minimum absolute atomic E-state index is 0.0378. The summed E-state index contributed by atoms with van der Waals surface area (Å²) in [5.74, 6) is 0.0378. The molecule has 1 fully saturated rings. The summed E-state index contributed by atoms with van der Waals surface area (Å²) in [6.07, 6.45) is 6.54. The van der Waals surface area contributed by atoms with E-state index in [1.807, 2.05) is 0 Å². The monoisotopic (exact) mass is 229 g/mol. The van der Waals surface area contributed by atoms with Gasteiger partial charge in [0.2, 0.25) is 0 Å². The van der Waals surface area contributed by atoms with Crippen molar-refractivity contribution in [1.82, 2.24) is 24.9 Å². The minimum atomic E-state index is 0.0378. The number of hydrogen-bond donors (Lipinski definition) is 0. The van der Waals surface area contributed by atoms with Gasteiger partial charge in [-0.15, -0.1) is 0 Å². The van der Waals surface area contributed by atoms with E-state index in [9.17, 15) is 4.79 Å². The average Bonchev–Trinajstić information content (AvgIpc) is 2.82. The summed E-state index contributed by atoms with van der Waals surface area (Å²) in [4.78, 5) is 19.3. The van der Waals surface area contributed by atoms with Crippen LogP contribution >= 0.6 is 0 Å². The Morgan fingerprint density at radius 3 is 2.41 bits per heavy atom. The molecule has 0 N–H and O–H groups in total. The van der Waals surface area contributed by atoms with Crippen LogP contribution in [0.3, 0.4) is 0 Å². The van der Waals surface area contributed by atoms with Crippen molar-refractivity contribution in [1.29, 1.82) is 0 Å². The Labute approximate surface area is 97.9 Å². The Kier molecular flexibility index (Phi) is 2.32. The van der Waals surface area contributed by atoms with E-state index in [1.54, 1.807) is 46.6 Å². The molecule has 3 rings (SSSR count). The number of rotatable bonds is 2. The van der Waals surface area contributed by atoms with Crippen molar-refractivity contribution < 1.29 is 4.79 Å². The fraction of sp³-hybridized carbons (Fsp3) is 0.273. The molecule has 0 aliphatic carbocycles. The number of amides is 1. The molecular weight excluding hydrogens is 218 g/mol. The Bertz CT molecular complexity index is 504. The summed E-state index contributed by atoms with van der Waals surface area (Å²) in [6.45, 7) is 1.33. The quantitative estimate of drug-likeness (QED) is 0.746. The average molecular weight is 229 g/mol. The van der Waals surface area contributed by atoms with Crippen molar-refractivity contribution in [3.63, 3.8) is 0 Å². The summed E-state index contributed by atoms with van der Waals surface area (Å²) < 4.78 is 0. The van der Waals surface area contributed by atoms with Gasteiger partial charge in [0.05, 0.1) is 12.4 Å². The van der Waals surface area contributed by atoms with E-state index >= 15 is 0 Å². The molecule has 6 nitrogen and oxygen atoms in total. The van der Waals surface area contributed by atoms with Crippen LogP contribution in [0.1, 0.15) is 16.4 Å². The molecule has 0 unspecified atom stereocenters. The first-order chi connectivity index (χ1) is 8.34. The van der Waals surface area contributed by atoms with E-state index in [4.69, 9.17) is 0 Å². The number of hydrogen-bond acceptors (Lipinski definition) is 4. The third kappa shape index (κ3) is 1.77. The minimum Gasteiger partial charge on any atom is -0.334 e. The topological polar surface area (TPSA) is 63.9 Å². The van der Waals surface area contributed by atoms with Gasteiger partial charge in [0.15, 0.2) is 0 Å². The zero-order valence-corrected chi connectivity index (χ0v) is 9.10. The van der Waals surface area contributed by atoms with Crippen LogP contribution in [0.4, 0.5) is 0 Å². The zero-order valence-electron chi connectivity index (χ0n) is 9.10. The van der Waals surface area contributed by atoms with Crippen molar-refractivity contribution in [3.05, 3.63) is 42.5 Å². The Hall–Kier alpha value is -2.24. The molecule has 2 aromatic heterocycles. The molecule has 2 aromatic rings. The fourth-order valence-corrected chi connectivity index (χ4v) is 1.86. The Morgan fingerprint density at radius 1 is 1.12 bits per heavy atom. The zero-order chi connectivity index (χ0) is 11.7. The summed E-state index contributed by atoms with van der Waals surface area (Å²) in [5.41, 5.74) is 0.673. The lowest BCUT2D eigenvalue weighted by atomic mass is 10.1. The van der Waals surface area contributed by atoms with Gasteiger partial charge in [0, 0.05) is 31.0 Å². The lowest BCUT2D eigenvalue weighted by Crippen LogP contribution is -2.51. The first-order valence-electron chi connectivity index (χ1n) is 5.40.